The van der Waals surface area contributed by atoms with Gasteiger partial charge >= 0.3 is 0 Å². The van der Waals surface area contributed by atoms with Gasteiger partial charge in [-0.2, -0.15) is 0 Å². The van der Waals surface area contributed by atoms with E-state index in [1.807, 2.05) is 18.2 Å². The predicted molar refractivity (Wildman–Crippen MR) is 114 cm³/mol. The summed E-state index contributed by atoms with van der Waals surface area (Å²) in [5.41, 5.74) is 0.697. The van der Waals surface area contributed by atoms with Crippen LogP contribution in [0.3, 0.4) is 0 Å². The van der Waals surface area contributed by atoms with Gasteiger partial charge in [0.1, 0.15) is 11.0 Å². The summed E-state index contributed by atoms with van der Waals surface area (Å²) in [7, 11) is 1.59. The predicted octanol–water partition coefficient (Wildman–Crippen LogP) is 3.58. The Morgan fingerprint density at radius 2 is 1.93 bits per heavy atom. The minimum Gasteiger partial charge on any atom is -0.497 e. The highest BCUT2D eigenvalue weighted by molar-refractivity contribution is 8.15. The van der Waals surface area contributed by atoms with Gasteiger partial charge < -0.3 is 15.4 Å². The Hall–Kier alpha value is -2.02. The van der Waals surface area contributed by atoms with Crippen LogP contribution in [-0.4, -0.2) is 34.9 Å². The quantitative estimate of drug-likeness (QED) is 0.773. The molecule has 5 fully saturated rings. The van der Waals surface area contributed by atoms with Crippen molar-refractivity contribution >= 4 is 34.4 Å². The van der Waals surface area contributed by atoms with Gasteiger partial charge in [0, 0.05) is 18.2 Å². The van der Waals surface area contributed by atoms with Crippen molar-refractivity contribution < 1.29 is 14.3 Å². The molecular formula is C22H27N3O3S. The molecule has 2 N–H and O–H groups in total. The van der Waals surface area contributed by atoms with Crippen LogP contribution in [0.5, 0.6) is 5.75 Å². The van der Waals surface area contributed by atoms with Crippen LogP contribution in [-0.2, 0) is 9.59 Å². The van der Waals surface area contributed by atoms with Crippen molar-refractivity contribution in [1.82, 2.24) is 5.32 Å². The Kier molecular flexibility index (Phi) is 4.81. The number of amidine groups is 1. The molecule has 1 aromatic carbocycles. The molecule has 154 valence electrons. The molecule has 1 saturated heterocycles. The van der Waals surface area contributed by atoms with E-state index in [2.05, 4.69) is 10.6 Å². The van der Waals surface area contributed by atoms with Crippen molar-refractivity contribution in [3.63, 3.8) is 0 Å². The Morgan fingerprint density at radius 3 is 2.59 bits per heavy atom. The number of hydrogen-bond acceptors (Lipinski definition) is 5. The van der Waals surface area contributed by atoms with Gasteiger partial charge in [0.15, 0.2) is 5.17 Å². The van der Waals surface area contributed by atoms with Crippen molar-refractivity contribution in [2.75, 3.05) is 12.4 Å². The highest BCUT2D eigenvalue weighted by Gasteiger charge is 2.51. The second-order valence-electron chi connectivity index (χ2n) is 9.14. The average molecular weight is 414 g/mol. The van der Waals surface area contributed by atoms with Crippen molar-refractivity contribution in [3.8, 4) is 5.75 Å². The molecule has 4 bridgehead atoms. The maximum absolute atomic E-state index is 12.4. The number of aliphatic imine (C=N–C) groups is 1. The number of nitrogens with zero attached hydrogens (tertiary/aromatic N) is 1. The number of carbonyl (C=O) groups is 2. The zero-order chi connectivity index (χ0) is 20.0. The molecular weight excluding hydrogens is 386 g/mol. The summed E-state index contributed by atoms with van der Waals surface area (Å²) < 4.78 is 5.18. The van der Waals surface area contributed by atoms with Crippen LogP contribution in [0.25, 0.3) is 0 Å². The molecule has 1 unspecified atom stereocenters. The van der Waals surface area contributed by atoms with Crippen LogP contribution in [0.15, 0.2) is 29.3 Å². The summed E-state index contributed by atoms with van der Waals surface area (Å²) in [5.74, 6) is 2.84. The molecule has 4 saturated carbocycles. The maximum Gasteiger partial charge on any atom is 0.240 e. The number of ether oxygens (including phenoxy) is 1. The molecule has 2 amide bonds. The van der Waals surface area contributed by atoms with E-state index >= 15 is 0 Å². The first kappa shape index (κ1) is 19.0. The lowest BCUT2D eigenvalue weighted by Gasteiger charge is -2.55. The van der Waals surface area contributed by atoms with Crippen LogP contribution in [0.1, 0.15) is 44.9 Å². The summed E-state index contributed by atoms with van der Waals surface area (Å²) in [5, 5.41) is 6.09. The number of methoxy groups -OCH3 is 1. The largest absolute Gasteiger partial charge is 0.497 e. The number of rotatable bonds is 5. The standard InChI is InChI=1S/C22H27N3O3S/c1-28-17-4-2-3-16(8-17)23-19(26)9-18-20(27)24-21(29-18)25-22-10-13-5-14(11-22)7-15(6-13)12-22/h2-4,8,13-15,18H,5-7,9-12H2,1H3,(H,23,26)(H,24,25,27). The van der Waals surface area contributed by atoms with Gasteiger partial charge in [-0.3, -0.25) is 14.6 Å². The summed E-state index contributed by atoms with van der Waals surface area (Å²) >= 11 is 1.42. The minimum atomic E-state index is -0.423. The van der Waals surface area contributed by atoms with E-state index in [1.54, 1.807) is 13.2 Å². The van der Waals surface area contributed by atoms with E-state index in [4.69, 9.17) is 9.73 Å². The number of amides is 2. The number of nitrogens with one attached hydrogen (secondary N) is 2. The molecule has 7 heteroatoms. The lowest BCUT2D eigenvalue weighted by molar-refractivity contribution is -0.122. The van der Waals surface area contributed by atoms with Crippen LogP contribution >= 0.6 is 11.8 Å². The van der Waals surface area contributed by atoms with E-state index in [0.717, 1.165) is 22.9 Å². The van der Waals surface area contributed by atoms with Gasteiger partial charge in [0.25, 0.3) is 0 Å². The van der Waals surface area contributed by atoms with E-state index in [9.17, 15) is 9.59 Å². The first-order valence-electron chi connectivity index (χ1n) is 10.5. The third-order valence-electron chi connectivity index (χ3n) is 6.85. The molecule has 0 radical (unpaired) electrons. The summed E-state index contributed by atoms with van der Waals surface area (Å²) in [6.07, 6.45) is 7.75. The molecule has 0 aromatic heterocycles. The van der Waals surface area contributed by atoms with Crippen LogP contribution in [0, 0.1) is 17.8 Å². The minimum absolute atomic E-state index is 0.0299. The fourth-order valence-electron chi connectivity index (χ4n) is 6.09. The lowest BCUT2D eigenvalue weighted by Crippen LogP contribution is -2.50. The first-order chi connectivity index (χ1) is 14.0. The molecule has 4 aliphatic carbocycles. The van der Waals surface area contributed by atoms with Gasteiger partial charge in [-0.05, 0) is 68.4 Å². The molecule has 1 aromatic rings. The highest BCUT2D eigenvalue weighted by Crippen LogP contribution is 2.57. The zero-order valence-corrected chi connectivity index (χ0v) is 17.5. The van der Waals surface area contributed by atoms with E-state index in [0.29, 0.717) is 11.4 Å². The van der Waals surface area contributed by atoms with Crippen molar-refractivity contribution in [3.05, 3.63) is 24.3 Å². The van der Waals surface area contributed by atoms with Gasteiger partial charge in [-0.15, -0.1) is 0 Å². The number of hydrogen-bond donors (Lipinski definition) is 2. The molecule has 29 heavy (non-hydrogen) atoms. The van der Waals surface area contributed by atoms with Gasteiger partial charge in [-0.25, -0.2) is 0 Å². The molecule has 1 aliphatic heterocycles. The second-order valence-corrected chi connectivity index (χ2v) is 10.3. The van der Waals surface area contributed by atoms with E-state index < -0.39 is 5.25 Å². The van der Waals surface area contributed by atoms with Crippen LogP contribution in [0.4, 0.5) is 5.69 Å². The van der Waals surface area contributed by atoms with Crippen LogP contribution in [0.2, 0.25) is 0 Å². The van der Waals surface area contributed by atoms with Crippen molar-refractivity contribution in [2.24, 2.45) is 22.7 Å². The normalized spacial score (nSPS) is 36.3. The van der Waals surface area contributed by atoms with Gasteiger partial charge in [0.2, 0.25) is 11.8 Å². The first-order valence-corrected chi connectivity index (χ1v) is 11.4. The molecule has 6 rings (SSSR count). The Bertz CT molecular complexity index is 833. The number of carbonyl (C=O) groups excluding carboxylic acids is 2. The Balaban J connectivity index is 1.22. The average Bonchev–Trinajstić information content (AvgIpc) is 2.98. The molecule has 1 atom stereocenters. The second kappa shape index (κ2) is 7.35. The zero-order valence-electron chi connectivity index (χ0n) is 16.6. The van der Waals surface area contributed by atoms with Crippen molar-refractivity contribution in [1.29, 1.82) is 0 Å². The topological polar surface area (TPSA) is 79.8 Å². The van der Waals surface area contributed by atoms with E-state index in [-0.39, 0.29) is 23.8 Å². The van der Waals surface area contributed by atoms with Gasteiger partial charge in [-0.1, -0.05) is 17.8 Å². The molecule has 0 spiro atoms. The number of anilines is 1. The monoisotopic (exact) mass is 413 g/mol. The maximum atomic E-state index is 12.4. The smallest absolute Gasteiger partial charge is 0.240 e. The molecule has 1 heterocycles. The van der Waals surface area contributed by atoms with Crippen LogP contribution < -0.4 is 15.4 Å². The van der Waals surface area contributed by atoms with Crippen molar-refractivity contribution in [2.45, 2.75) is 55.7 Å². The van der Waals surface area contributed by atoms with Gasteiger partial charge in [0.05, 0.1) is 12.6 Å². The molecule has 5 aliphatic rings. The highest BCUT2D eigenvalue weighted by atomic mass is 32.2. The Morgan fingerprint density at radius 1 is 1.24 bits per heavy atom. The molecule has 6 nitrogen and oxygen atoms in total. The third-order valence-corrected chi connectivity index (χ3v) is 7.93. The van der Waals surface area contributed by atoms with E-state index in [1.165, 1.54) is 50.3 Å². The summed E-state index contributed by atoms with van der Waals surface area (Å²) in [6, 6.07) is 7.22. The summed E-state index contributed by atoms with van der Waals surface area (Å²) in [4.78, 5) is 30.0. The third kappa shape index (κ3) is 3.89. The SMILES string of the molecule is COc1cccc(NC(=O)CC2SC(=NC34CC5CC(CC(C5)C3)C4)NC2=O)c1. The fraction of sp³-hybridized carbons (Fsp3) is 0.591. The number of benzene rings is 1. The lowest BCUT2D eigenvalue weighted by atomic mass is 9.53. The summed E-state index contributed by atoms with van der Waals surface area (Å²) in [6.45, 7) is 0. The fourth-order valence-corrected chi connectivity index (χ4v) is 7.17. The Labute approximate surface area is 175 Å². The number of thioether (sulfide) groups is 1.